The minimum Gasteiger partial charge on any atom is -0.452 e. The molecule has 1 aliphatic heterocycles. The van der Waals surface area contributed by atoms with E-state index in [0.29, 0.717) is 28.2 Å². The molecule has 0 spiro atoms. The van der Waals surface area contributed by atoms with E-state index < -0.39 is 5.97 Å². The van der Waals surface area contributed by atoms with Gasteiger partial charge in [0.05, 0.1) is 11.1 Å². The Kier molecular flexibility index (Phi) is 5.86. The van der Waals surface area contributed by atoms with Gasteiger partial charge in [-0.2, -0.15) is 0 Å². The molecule has 0 aromatic heterocycles. The normalized spacial score (nSPS) is 13.5. The van der Waals surface area contributed by atoms with Gasteiger partial charge in [-0.1, -0.05) is 70.5 Å². The first-order valence-electron chi connectivity index (χ1n) is 10.7. The molecule has 0 bridgehead atoms. The molecule has 4 aromatic carbocycles. The average molecular weight is 511 g/mol. The number of benzene rings is 4. The van der Waals surface area contributed by atoms with E-state index in [2.05, 4.69) is 28.1 Å². The largest absolute Gasteiger partial charge is 0.452 e. The maximum atomic E-state index is 13.0. The highest BCUT2D eigenvalue weighted by Crippen LogP contribution is 2.38. The molecule has 0 saturated carbocycles. The summed E-state index contributed by atoms with van der Waals surface area (Å²) in [5, 5.41) is 0. The number of rotatable bonds is 4. The van der Waals surface area contributed by atoms with E-state index in [0.717, 1.165) is 21.2 Å². The molecule has 0 unspecified atom stereocenters. The van der Waals surface area contributed by atoms with Crippen molar-refractivity contribution in [3.05, 3.63) is 123 Å². The van der Waals surface area contributed by atoms with E-state index in [-0.39, 0.29) is 11.5 Å². The van der Waals surface area contributed by atoms with E-state index in [1.807, 2.05) is 42.5 Å². The highest BCUT2D eigenvalue weighted by molar-refractivity contribution is 9.10. The number of hydrogen-bond donors (Lipinski definition) is 0. The fourth-order valence-corrected chi connectivity index (χ4v) is 4.11. The number of carbonyl (C=O) groups excluding carboxylic acids is 2. The molecule has 0 radical (unpaired) electrons. The minimum absolute atomic E-state index is 0.189. The summed E-state index contributed by atoms with van der Waals surface area (Å²) < 4.78 is 12.3. The van der Waals surface area contributed by atoms with Gasteiger partial charge < -0.3 is 9.47 Å². The first kappa shape index (κ1) is 21.9. The number of carbonyl (C=O) groups is 2. The summed E-state index contributed by atoms with van der Waals surface area (Å²) in [5.74, 6) is 0.277. The molecular formula is C29H19BrO4. The van der Waals surface area contributed by atoms with Crippen molar-refractivity contribution in [1.29, 1.82) is 0 Å². The number of Topliss-reactive ketones (excluding diaryl/α,β-unsaturated/α-hetero) is 1. The van der Waals surface area contributed by atoms with Crippen LogP contribution in [0.15, 0.2) is 101 Å². The first-order valence-corrected chi connectivity index (χ1v) is 11.5. The van der Waals surface area contributed by atoms with E-state index in [1.165, 1.54) is 0 Å². The topological polar surface area (TPSA) is 52.6 Å². The summed E-state index contributed by atoms with van der Waals surface area (Å²) in [7, 11) is 0. The number of fused-ring (bicyclic) bond motifs is 1. The second-order valence-electron chi connectivity index (χ2n) is 7.94. The van der Waals surface area contributed by atoms with Gasteiger partial charge in [0.25, 0.3) is 0 Å². The Morgan fingerprint density at radius 1 is 0.882 bits per heavy atom. The Morgan fingerprint density at radius 2 is 1.56 bits per heavy atom. The quantitative estimate of drug-likeness (QED) is 0.164. The molecule has 4 aromatic rings. The Morgan fingerprint density at radius 3 is 2.26 bits per heavy atom. The second kappa shape index (κ2) is 9.12. The zero-order chi connectivity index (χ0) is 23.7. The summed E-state index contributed by atoms with van der Waals surface area (Å²) in [6.07, 6.45) is 1.73. The molecule has 0 saturated heterocycles. The molecule has 0 N–H and O–H groups in total. The molecule has 0 atom stereocenters. The molecule has 1 heterocycles. The van der Waals surface area contributed by atoms with Gasteiger partial charge in [0.15, 0.2) is 5.76 Å². The number of ketones is 1. The van der Waals surface area contributed by atoms with Gasteiger partial charge >= 0.3 is 5.97 Å². The fourth-order valence-electron chi connectivity index (χ4n) is 3.84. The van der Waals surface area contributed by atoms with Crippen LogP contribution in [0.1, 0.15) is 31.8 Å². The van der Waals surface area contributed by atoms with Gasteiger partial charge in [0.1, 0.15) is 11.5 Å². The molecule has 1 aliphatic rings. The van der Waals surface area contributed by atoms with Crippen LogP contribution >= 0.6 is 15.9 Å². The number of ether oxygens (including phenoxy) is 2. The number of allylic oxidation sites excluding steroid dienone is 1. The Balaban J connectivity index is 1.36. The van der Waals surface area contributed by atoms with Crippen molar-refractivity contribution in [2.45, 2.75) is 6.92 Å². The maximum absolute atomic E-state index is 13.0. The Labute approximate surface area is 205 Å². The SMILES string of the molecule is Cc1cc(OC(=O)c2ccc(Br)cc2)cc2c1C(=O)/C(=C/c1ccc(-c3ccccc3)cc1)O2. The standard InChI is InChI=1S/C29H19BrO4/c1-18-15-24(33-29(32)22-11-13-23(30)14-12-22)17-25-27(18)28(31)26(34-25)16-19-7-9-21(10-8-19)20-5-3-2-4-6-20/h2-17H,1H3/b26-16-. The van der Waals surface area contributed by atoms with Crippen molar-refractivity contribution in [1.82, 2.24) is 0 Å². The van der Waals surface area contributed by atoms with Crippen LogP contribution in [-0.4, -0.2) is 11.8 Å². The highest BCUT2D eigenvalue weighted by Gasteiger charge is 2.30. The molecule has 0 fully saturated rings. The van der Waals surface area contributed by atoms with Gasteiger partial charge in [-0.15, -0.1) is 0 Å². The predicted molar refractivity (Wildman–Crippen MR) is 135 cm³/mol. The van der Waals surface area contributed by atoms with Crippen molar-refractivity contribution < 1.29 is 19.1 Å². The molecule has 166 valence electrons. The Bertz CT molecular complexity index is 1420. The van der Waals surface area contributed by atoms with Gasteiger partial charge in [-0.25, -0.2) is 4.79 Å². The lowest BCUT2D eigenvalue weighted by Gasteiger charge is -2.08. The maximum Gasteiger partial charge on any atom is 0.343 e. The van der Waals surface area contributed by atoms with Crippen LogP contribution in [0, 0.1) is 6.92 Å². The molecule has 5 heteroatoms. The minimum atomic E-state index is -0.481. The second-order valence-corrected chi connectivity index (χ2v) is 8.85. The fraction of sp³-hybridized carbons (Fsp3) is 0.0345. The van der Waals surface area contributed by atoms with Crippen molar-refractivity contribution in [3.63, 3.8) is 0 Å². The zero-order valence-corrected chi connectivity index (χ0v) is 19.8. The third-order valence-corrected chi connectivity index (χ3v) is 6.08. The van der Waals surface area contributed by atoms with Crippen LogP contribution in [-0.2, 0) is 0 Å². The van der Waals surface area contributed by atoms with Crippen molar-refractivity contribution in [2.75, 3.05) is 0 Å². The monoisotopic (exact) mass is 510 g/mol. The van der Waals surface area contributed by atoms with Gasteiger partial charge in [0, 0.05) is 10.5 Å². The van der Waals surface area contributed by atoms with Crippen LogP contribution < -0.4 is 9.47 Å². The number of hydrogen-bond acceptors (Lipinski definition) is 4. The summed E-state index contributed by atoms with van der Waals surface area (Å²) >= 11 is 3.35. The van der Waals surface area contributed by atoms with E-state index in [4.69, 9.17) is 9.47 Å². The lowest BCUT2D eigenvalue weighted by atomic mass is 10.0. The molecule has 34 heavy (non-hydrogen) atoms. The first-order chi connectivity index (χ1) is 16.5. The molecule has 0 amide bonds. The smallest absolute Gasteiger partial charge is 0.343 e. The van der Waals surface area contributed by atoms with Gasteiger partial charge in [-0.05, 0) is 65.6 Å². The average Bonchev–Trinajstić information content (AvgIpc) is 3.15. The predicted octanol–water partition coefficient (Wildman–Crippen LogP) is 7.26. The summed E-state index contributed by atoms with van der Waals surface area (Å²) in [4.78, 5) is 25.5. The van der Waals surface area contributed by atoms with Crippen LogP contribution in [0.3, 0.4) is 0 Å². The van der Waals surface area contributed by atoms with Crippen LogP contribution in [0.5, 0.6) is 11.5 Å². The Hall–Kier alpha value is -3.96. The van der Waals surface area contributed by atoms with Gasteiger partial charge in [0.2, 0.25) is 5.78 Å². The summed E-state index contributed by atoms with van der Waals surface area (Å²) in [6.45, 7) is 1.80. The van der Waals surface area contributed by atoms with Crippen molar-refractivity contribution in [3.8, 4) is 22.6 Å². The molecular weight excluding hydrogens is 492 g/mol. The van der Waals surface area contributed by atoms with Crippen molar-refractivity contribution in [2.24, 2.45) is 0 Å². The number of halogens is 1. The lowest BCUT2D eigenvalue weighted by molar-refractivity contribution is 0.0734. The van der Waals surface area contributed by atoms with Crippen LogP contribution in [0.25, 0.3) is 17.2 Å². The zero-order valence-electron chi connectivity index (χ0n) is 18.2. The van der Waals surface area contributed by atoms with E-state index in [9.17, 15) is 9.59 Å². The number of esters is 1. The van der Waals surface area contributed by atoms with Crippen molar-refractivity contribution >= 4 is 33.8 Å². The van der Waals surface area contributed by atoms with Gasteiger partial charge in [-0.3, -0.25) is 4.79 Å². The van der Waals surface area contributed by atoms with Crippen LogP contribution in [0.4, 0.5) is 0 Å². The van der Waals surface area contributed by atoms with E-state index in [1.54, 1.807) is 49.4 Å². The number of aryl methyl sites for hydroxylation is 1. The molecule has 5 rings (SSSR count). The highest BCUT2D eigenvalue weighted by atomic mass is 79.9. The van der Waals surface area contributed by atoms with E-state index >= 15 is 0 Å². The third kappa shape index (κ3) is 4.43. The van der Waals surface area contributed by atoms with Crippen LogP contribution in [0.2, 0.25) is 0 Å². The molecule has 4 nitrogen and oxygen atoms in total. The third-order valence-electron chi connectivity index (χ3n) is 5.55. The lowest BCUT2D eigenvalue weighted by Crippen LogP contribution is -2.08. The molecule has 0 aliphatic carbocycles. The summed E-state index contributed by atoms with van der Waals surface area (Å²) in [5.41, 5.74) is 4.67. The summed E-state index contributed by atoms with van der Waals surface area (Å²) in [6, 6.07) is 28.2.